The van der Waals surface area contributed by atoms with Gasteiger partial charge in [0.15, 0.2) is 0 Å². The minimum absolute atomic E-state index is 0.339. The Balaban J connectivity index is 1.19. The fourth-order valence-electron chi connectivity index (χ4n) is 4.19. The van der Waals surface area contributed by atoms with Gasteiger partial charge in [-0.2, -0.15) is 0 Å². The molecular weight excluding hydrogens is 480 g/mol. The number of rotatable bonds is 10. The third-order valence-corrected chi connectivity index (χ3v) is 6.56. The van der Waals surface area contributed by atoms with Crippen molar-refractivity contribution in [2.75, 3.05) is 19.6 Å². The molecule has 3 aromatic rings. The van der Waals surface area contributed by atoms with Crippen LogP contribution in [0.15, 0.2) is 77.3 Å². The fourth-order valence-corrected chi connectivity index (χ4v) is 4.45. The highest BCUT2D eigenvalue weighted by Crippen LogP contribution is 2.24. The van der Waals surface area contributed by atoms with E-state index in [9.17, 15) is 4.79 Å². The zero-order valence-corrected chi connectivity index (χ0v) is 20.1. The largest absolute Gasteiger partial charge is 0.478 e. The molecule has 0 aliphatic carbocycles. The van der Waals surface area contributed by atoms with Gasteiger partial charge in [0.2, 0.25) is 0 Å². The first-order valence-electron chi connectivity index (χ1n) is 11.4. The SMILES string of the molecule is O=C(O)c1ccc(CN2CCCC2CNCCc2ccc(Oc3ccc(Br)cc3)cc2)cc1. The summed E-state index contributed by atoms with van der Waals surface area (Å²) in [6.45, 7) is 3.86. The predicted molar refractivity (Wildman–Crippen MR) is 134 cm³/mol. The van der Waals surface area contributed by atoms with Crippen LogP contribution in [0.5, 0.6) is 11.5 Å². The van der Waals surface area contributed by atoms with Crippen LogP contribution in [-0.2, 0) is 13.0 Å². The summed E-state index contributed by atoms with van der Waals surface area (Å²) in [6.07, 6.45) is 3.38. The van der Waals surface area contributed by atoms with E-state index in [1.807, 2.05) is 48.5 Å². The van der Waals surface area contributed by atoms with Gasteiger partial charge in [-0.3, -0.25) is 4.90 Å². The highest BCUT2D eigenvalue weighted by Gasteiger charge is 2.24. The number of likely N-dealkylation sites (tertiary alicyclic amines) is 1. The Hall–Kier alpha value is -2.67. The molecule has 0 bridgehead atoms. The molecule has 1 fully saturated rings. The monoisotopic (exact) mass is 508 g/mol. The number of nitrogens with one attached hydrogen (secondary N) is 1. The number of hydrogen-bond acceptors (Lipinski definition) is 4. The average molecular weight is 509 g/mol. The summed E-state index contributed by atoms with van der Waals surface area (Å²) in [4.78, 5) is 13.5. The molecule has 172 valence electrons. The molecule has 1 saturated heterocycles. The molecule has 0 amide bonds. The maximum atomic E-state index is 11.0. The lowest BCUT2D eigenvalue weighted by atomic mass is 10.1. The molecule has 1 heterocycles. The molecule has 0 radical (unpaired) electrons. The number of carboxylic acids is 1. The molecule has 6 heteroatoms. The van der Waals surface area contributed by atoms with Gasteiger partial charge in [0.05, 0.1) is 5.56 Å². The van der Waals surface area contributed by atoms with Crippen LogP contribution in [-0.4, -0.2) is 41.7 Å². The first kappa shape index (κ1) is 23.5. The van der Waals surface area contributed by atoms with E-state index in [4.69, 9.17) is 9.84 Å². The molecule has 5 nitrogen and oxygen atoms in total. The Labute approximate surface area is 203 Å². The number of benzene rings is 3. The van der Waals surface area contributed by atoms with E-state index in [1.165, 1.54) is 18.4 Å². The molecule has 0 spiro atoms. The van der Waals surface area contributed by atoms with E-state index in [2.05, 4.69) is 38.3 Å². The minimum Gasteiger partial charge on any atom is -0.478 e. The van der Waals surface area contributed by atoms with E-state index in [0.29, 0.717) is 11.6 Å². The Kier molecular flexibility index (Phi) is 8.15. The Bertz CT molecular complexity index is 1040. The van der Waals surface area contributed by atoms with Gasteiger partial charge in [-0.05, 0) is 92.0 Å². The van der Waals surface area contributed by atoms with Crippen molar-refractivity contribution in [3.8, 4) is 11.5 Å². The van der Waals surface area contributed by atoms with Crippen molar-refractivity contribution in [2.45, 2.75) is 31.8 Å². The molecule has 1 aliphatic heterocycles. The molecule has 0 aromatic heterocycles. The van der Waals surface area contributed by atoms with Crippen LogP contribution in [0.4, 0.5) is 0 Å². The Morgan fingerprint density at radius 2 is 1.61 bits per heavy atom. The van der Waals surface area contributed by atoms with Gasteiger partial charge in [-0.1, -0.05) is 40.2 Å². The maximum Gasteiger partial charge on any atom is 0.335 e. The number of aromatic carboxylic acids is 1. The second-order valence-electron chi connectivity index (χ2n) is 8.42. The van der Waals surface area contributed by atoms with Crippen molar-refractivity contribution in [2.24, 2.45) is 0 Å². The van der Waals surface area contributed by atoms with Gasteiger partial charge >= 0.3 is 5.97 Å². The van der Waals surface area contributed by atoms with Crippen LogP contribution in [0.3, 0.4) is 0 Å². The number of nitrogens with zero attached hydrogens (tertiary/aromatic N) is 1. The zero-order valence-electron chi connectivity index (χ0n) is 18.5. The second-order valence-corrected chi connectivity index (χ2v) is 9.34. The van der Waals surface area contributed by atoms with Crippen molar-refractivity contribution in [1.82, 2.24) is 10.2 Å². The Morgan fingerprint density at radius 1 is 0.970 bits per heavy atom. The van der Waals surface area contributed by atoms with E-state index in [0.717, 1.165) is 54.1 Å². The van der Waals surface area contributed by atoms with Crippen LogP contribution in [0.1, 0.15) is 34.3 Å². The average Bonchev–Trinajstić information content (AvgIpc) is 3.26. The fraction of sp³-hybridized carbons (Fsp3) is 0.296. The van der Waals surface area contributed by atoms with E-state index in [1.54, 1.807) is 12.1 Å². The smallest absolute Gasteiger partial charge is 0.335 e. The normalized spacial score (nSPS) is 16.1. The van der Waals surface area contributed by atoms with Gasteiger partial charge in [0, 0.05) is 23.6 Å². The lowest BCUT2D eigenvalue weighted by Gasteiger charge is -2.25. The minimum atomic E-state index is -0.878. The third kappa shape index (κ3) is 6.90. The van der Waals surface area contributed by atoms with Gasteiger partial charge in [-0.25, -0.2) is 4.79 Å². The molecule has 0 saturated carbocycles. The highest BCUT2D eigenvalue weighted by molar-refractivity contribution is 9.10. The quantitative estimate of drug-likeness (QED) is 0.342. The van der Waals surface area contributed by atoms with Crippen molar-refractivity contribution in [1.29, 1.82) is 0 Å². The van der Waals surface area contributed by atoms with E-state index < -0.39 is 5.97 Å². The highest BCUT2D eigenvalue weighted by atomic mass is 79.9. The summed E-state index contributed by atoms with van der Waals surface area (Å²) >= 11 is 3.43. The van der Waals surface area contributed by atoms with Crippen molar-refractivity contribution >= 4 is 21.9 Å². The number of hydrogen-bond donors (Lipinski definition) is 2. The van der Waals surface area contributed by atoms with Crippen molar-refractivity contribution in [3.63, 3.8) is 0 Å². The number of carboxylic acid groups (broad SMARTS) is 1. The van der Waals surface area contributed by atoms with Gasteiger partial charge in [-0.15, -0.1) is 0 Å². The van der Waals surface area contributed by atoms with Crippen LogP contribution >= 0.6 is 15.9 Å². The van der Waals surface area contributed by atoms with Crippen molar-refractivity contribution in [3.05, 3.63) is 94.0 Å². The van der Waals surface area contributed by atoms with Crippen molar-refractivity contribution < 1.29 is 14.6 Å². The molecule has 4 rings (SSSR count). The summed E-state index contributed by atoms with van der Waals surface area (Å²) in [6, 6.07) is 23.9. The summed E-state index contributed by atoms with van der Waals surface area (Å²) in [7, 11) is 0. The lowest BCUT2D eigenvalue weighted by Crippen LogP contribution is -2.38. The van der Waals surface area contributed by atoms with Gasteiger partial charge < -0.3 is 15.2 Å². The van der Waals surface area contributed by atoms with Crippen LogP contribution in [0.25, 0.3) is 0 Å². The molecule has 33 heavy (non-hydrogen) atoms. The first-order valence-corrected chi connectivity index (χ1v) is 12.2. The second kappa shape index (κ2) is 11.5. The summed E-state index contributed by atoms with van der Waals surface area (Å²) < 4.78 is 6.92. The maximum absolute atomic E-state index is 11.0. The summed E-state index contributed by atoms with van der Waals surface area (Å²) in [5, 5.41) is 12.7. The van der Waals surface area contributed by atoms with Crippen LogP contribution in [0, 0.1) is 0 Å². The standard InChI is InChI=1S/C27H29BrN2O3/c28-23-9-13-26(14-10-23)33-25-11-5-20(6-12-25)15-16-29-18-24-2-1-17-30(24)19-21-3-7-22(8-4-21)27(31)32/h3-14,24,29H,1-2,15-19H2,(H,31,32). The number of carbonyl (C=O) groups is 1. The molecule has 1 aliphatic rings. The lowest BCUT2D eigenvalue weighted by molar-refractivity contribution is 0.0697. The molecule has 1 atom stereocenters. The molecular formula is C27H29BrN2O3. The Morgan fingerprint density at radius 3 is 2.27 bits per heavy atom. The van der Waals surface area contributed by atoms with E-state index in [-0.39, 0.29) is 0 Å². The van der Waals surface area contributed by atoms with Crippen LogP contribution in [0.2, 0.25) is 0 Å². The predicted octanol–water partition coefficient (Wildman–Crippen LogP) is 5.74. The number of halogens is 1. The van der Waals surface area contributed by atoms with Gasteiger partial charge in [0.25, 0.3) is 0 Å². The number of ether oxygens (including phenoxy) is 1. The molecule has 3 aromatic carbocycles. The topological polar surface area (TPSA) is 61.8 Å². The first-order chi connectivity index (χ1) is 16.1. The summed E-state index contributed by atoms with van der Waals surface area (Å²) in [5.41, 5.74) is 2.79. The van der Waals surface area contributed by atoms with Gasteiger partial charge in [0.1, 0.15) is 11.5 Å². The third-order valence-electron chi connectivity index (χ3n) is 6.03. The zero-order chi connectivity index (χ0) is 23.0. The molecule has 2 N–H and O–H groups in total. The molecule has 1 unspecified atom stereocenters. The summed E-state index contributed by atoms with van der Waals surface area (Å²) in [5.74, 6) is 0.787. The van der Waals surface area contributed by atoms with Crippen LogP contribution < -0.4 is 10.1 Å². The van der Waals surface area contributed by atoms with E-state index >= 15 is 0 Å².